The number of hydrogen-bond donors (Lipinski definition) is 2. The number of aromatic nitrogens is 3. The van der Waals surface area contributed by atoms with Gasteiger partial charge in [0.25, 0.3) is 12.3 Å². The van der Waals surface area contributed by atoms with E-state index in [1.54, 1.807) is 0 Å². The molecule has 4 rings (SSSR count). The number of fused-ring (bicyclic) bond motifs is 1. The molecule has 8 nitrogen and oxygen atoms in total. The summed E-state index contributed by atoms with van der Waals surface area (Å²) in [5.41, 5.74) is 0.485. The van der Waals surface area contributed by atoms with Crippen LogP contribution in [-0.4, -0.2) is 59.2 Å². The molecule has 226 valence electrons. The largest absolute Gasteiger partial charge is 0.394 e. The van der Waals surface area contributed by atoms with E-state index in [1.165, 1.54) is 60.9 Å². The highest BCUT2D eigenvalue weighted by atomic mass is 32.2. The molecule has 0 bridgehead atoms. The lowest BCUT2D eigenvalue weighted by molar-refractivity contribution is 0.0448. The summed E-state index contributed by atoms with van der Waals surface area (Å²) in [4.78, 5) is 13.1. The number of aryl methyl sites for hydroxylation is 2. The summed E-state index contributed by atoms with van der Waals surface area (Å²) < 4.78 is 95.7. The smallest absolute Gasteiger partial charge is 0.275 e. The number of nitrogens with zero attached hydrogens (tertiary/aromatic N) is 3. The Morgan fingerprint density at radius 2 is 1.79 bits per heavy atom. The summed E-state index contributed by atoms with van der Waals surface area (Å²) in [7, 11) is -3.46. The Morgan fingerprint density at radius 3 is 2.38 bits per heavy atom. The number of halogens is 5. The normalized spacial score (nSPS) is 13.5. The highest BCUT2D eigenvalue weighted by molar-refractivity contribution is 7.91. The van der Waals surface area contributed by atoms with Crippen molar-refractivity contribution in [3.05, 3.63) is 82.6 Å². The number of rotatable bonds is 12. The molecule has 0 aliphatic rings. The Kier molecular flexibility index (Phi) is 9.36. The van der Waals surface area contributed by atoms with Crippen LogP contribution in [0.2, 0.25) is 0 Å². The first-order chi connectivity index (χ1) is 19.9. The second kappa shape index (κ2) is 12.6. The molecule has 14 heteroatoms. The molecule has 0 saturated heterocycles. The quantitative estimate of drug-likeness (QED) is 0.223. The van der Waals surface area contributed by atoms with E-state index >= 15 is 4.39 Å². The van der Waals surface area contributed by atoms with Crippen molar-refractivity contribution in [3.8, 4) is 0 Å². The Morgan fingerprint density at radius 1 is 1.10 bits per heavy atom. The van der Waals surface area contributed by atoms with Gasteiger partial charge in [0, 0.05) is 11.1 Å². The third-order valence-electron chi connectivity index (χ3n) is 6.89. The highest BCUT2D eigenvalue weighted by Crippen LogP contribution is 2.29. The molecule has 1 amide bonds. The van der Waals surface area contributed by atoms with Gasteiger partial charge in [-0.15, -0.1) is 0 Å². The standard InChI is InChI=1S/C28H29F5N4O4S/c1-3-42(40,41)20-6-4-17(5-7-20)23(15-38)34-28(39)21-12-18-11-19(36(9-8-29)24(18)13-22(21)30)14-37-25(10-16(2)35-37)26(31)27(32)33/h4-7,10-13,23,26-27,38H,3,8-9,14-15H2,1-2H3,(H,34,39). The monoisotopic (exact) mass is 612 g/mol. The summed E-state index contributed by atoms with van der Waals surface area (Å²) in [5.74, 6) is -1.92. The van der Waals surface area contributed by atoms with Gasteiger partial charge in [0.15, 0.2) is 9.84 Å². The molecule has 0 aliphatic heterocycles. The first-order valence-corrected chi connectivity index (χ1v) is 14.6. The first-order valence-electron chi connectivity index (χ1n) is 13.0. The number of sulfone groups is 1. The van der Waals surface area contributed by atoms with Gasteiger partial charge in [-0.2, -0.15) is 5.10 Å². The summed E-state index contributed by atoms with van der Waals surface area (Å²) in [6.45, 7) is 1.17. The lowest BCUT2D eigenvalue weighted by atomic mass is 10.1. The van der Waals surface area contributed by atoms with E-state index in [0.29, 0.717) is 22.3 Å². The first kappa shape index (κ1) is 31.2. The van der Waals surface area contributed by atoms with Crippen molar-refractivity contribution >= 4 is 26.6 Å². The van der Waals surface area contributed by atoms with E-state index in [2.05, 4.69) is 10.4 Å². The zero-order valence-corrected chi connectivity index (χ0v) is 23.5. The maximum Gasteiger partial charge on any atom is 0.275 e. The molecule has 0 saturated carbocycles. The number of amides is 1. The Labute approximate surface area is 238 Å². The number of aliphatic hydroxyl groups is 1. The lowest BCUT2D eigenvalue weighted by Crippen LogP contribution is -2.31. The van der Waals surface area contributed by atoms with Crippen molar-refractivity contribution < 1.29 is 40.3 Å². The summed E-state index contributed by atoms with van der Waals surface area (Å²) >= 11 is 0. The van der Waals surface area contributed by atoms with Crippen molar-refractivity contribution in [2.75, 3.05) is 19.0 Å². The number of hydrogen-bond acceptors (Lipinski definition) is 5. The Balaban J connectivity index is 1.65. The van der Waals surface area contributed by atoms with E-state index < -0.39 is 53.5 Å². The van der Waals surface area contributed by atoms with Gasteiger partial charge in [-0.25, -0.2) is 30.4 Å². The minimum atomic E-state index is -3.46. The number of nitrogens with one attached hydrogen (secondary N) is 1. The minimum absolute atomic E-state index is 0.0792. The molecule has 2 atom stereocenters. The Hall–Kier alpha value is -3.78. The molecule has 42 heavy (non-hydrogen) atoms. The fraction of sp³-hybridized carbons (Fsp3) is 0.357. The van der Waals surface area contributed by atoms with Gasteiger partial charge in [0.2, 0.25) is 6.17 Å². The number of aliphatic hydroxyl groups excluding tert-OH is 1. The van der Waals surface area contributed by atoms with Gasteiger partial charge in [-0.1, -0.05) is 19.1 Å². The maximum atomic E-state index is 15.2. The summed E-state index contributed by atoms with van der Waals surface area (Å²) in [5, 5.41) is 16.8. The fourth-order valence-corrected chi connectivity index (χ4v) is 5.62. The summed E-state index contributed by atoms with van der Waals surface area (Å²) in [6, 6.07) is 9.56. The number of benzene rings is 2. The zero-order valence-electron chi connectivity index (χ0n) is 22.7. The third kappa shape index (κ3) is 6.33. The van der Waals surface area contributed by atoms with Crippen molar-refractivity contribution in [2.45, 2.75) is 50.5 Å². The number of carbonyl (C=O) groups is 1. The van der Waals surface area contributed by atoms with Gasteiger partial charge in [0.05, 0.1) is 58.9 Å². The second-order valence-corrected chi connectivity index (χ2v) is 11.9. The zero-order chi connectivity index (χ0) is 30.8. The van der Waals surface area contributed by atoms with Crippen LogP contribution in [0.1, 0.15) is 52.1 Å². The molecule has 2 unspecified atom stereocenters. The molecule has 2 aromatic heterocycles. The molecule has 4 aromatic rings. The predicted octanol–water partition coefficient (Wildman–Crippen LogP) is 4.84. The molecule has 0 radical (unpaired) electrons. The minimum Gasteiger partial charge on any atom is -0.394 e. The second-order valence-electron chi connectivity index (χ2n) is 9.65. The van der Waals surface area contributed by atoms with Crippen LogP contribution in [0.15, 0.2) is 53.4 Å². The van der Waals surface area contributed by atoms with Gasteiger partial charge < -0.3 is 15.0 Å². The number of alkyl halides is 4. The lowest BCUT2D eigenvalue weighted by Gasteiger charge is -2.18. The molecule has 2 heterocycles. The van der Waals surface area contributed by atoms with Crippen LogP contribution in [-0.2, 0) is 22.9 Å². The van der Waals surface area contributed by atoms with Crippen LogP contribution in [0.3, 0.4) is 0 Å². The third-order valence-corrected chi connectivity index (χ3v) is 8.64. The van der Waals surface area contributed by atoms with Crippen LogP contribution in [0.25, 0.3) is 10.9 Å². The average molecular weight is 613 g/mol. The van der Waals surface area contributed by atoms with Crippen LogP contribution in [0.5, 0.6) is 0 Å². The van der Waals surface area contributed by atoms with Gasteiger partial charge in [-0.05, 0) is 48.9 Å². The molecule has 2 N–H and O–H groups in total. The van der Waals surface area contributed by atoms with Crippen LogP contribution in [0.4, 0.5) is 22.0 Å². The van der Waals surface area contributed by atoms with E-state index in [9.17, 15) is 35.9 Å². The van der Waals surface area contributed by atoms with E-state index in [4.69, 9.17) is 0 Å². The van der Waals surface area contributed by atoms with Crippen LogP contribution >= 0.6 is 0 Å². The average Bonchev–Trinajstić information content (AvgIpc) is 3.49. The molecule has 0 fully saturated rings. The van der Waals surface area contributed by atoms with E-state index in [-0.39, 0.29) is 40.5 Å². The van der Waals surface area contributed by atoms with Crippen molar-refractivity contribution in [1.82, 2.24) is 19.7 Å². The molecule has 0 spiro atoms. The summed E-state index contributed by atoms with van der Waals surface area (Å²) in [6.07, 6.45) is -5.87. The van der Waals surface area contributed by atoms with Gasteiger partial charge in [-0.3, -0.25) is 9.48 Å². The highest BCUT2D eigenvalue weighted by Gasteiger charge is 2.27. The number of carbonyl (C=O) groups excluding carboxylic acids is 1. The van der Waals surface area contributed by atoms with Crippen molar-refractivity contribution in [1.29, 1.82) is 0 Å². The van der Waals surface area contributed by atoms with Gasteiger partial charge in [0.1, 0.15) is 12.5 Å². The van der Waals surface area contributed by atoms with Crippen LogP contribution in [0, 0.1) is 12.7 Å². The topological polar surface area (TPSA) is 106 Å². The Bertz CT molecular complexity index is 1690. The van der Waals surface area contributed by atoms with Crippen molar-refractivity contribution in [3.63, 3.8) is 0 Å². The predicted molar refractivity (Wildman–Crippen MR) is 145 cm³/mol. The van der Waals surface area contributed by atoms with Crippen molar-refractivity contribution in [2.24, 2.45) is 0 Å². The van der Waals surface area contributed by atoms with Gasteiger partial charge >= 0.3 is 0 Å². The SMILES string of the molecule is CCS(=O)(=O)c1ccc(C(CO)NC(=O)c2cc3cc(Cn4nc(C)cc4C(F)C(F)F)n(CCF)c3cc2F)cc1. The van der Waals surface area contributed by atoms with Crippen LogP contribution < -0.4 is 5.32 Å². The molecule has 2 aromatic carbocycles. The maximum absolute atomic E-state index is 15.2. The molecule has 0 aliphatic carbocycles. The molecular formula is C28H29F5N4O4S. The van der Waals surface area contributed by atoms with E-state index in [0.717, 1.165) is 10.7 Å². The molecular weight excluding hydrogens is 583 g/mol. The van der Waals surface area contributed by atoms with E-state index in [1.807, 2.05) is 0 Å². The fourth-order valence-electron chi connectivity index (χ4n) is 4.74.